The summed E-state index contributed by atoms with van der Waals surface area (Å²) in [6.45, 7) is 8.99. The molecule has 17 nitrogen and oxygen atoms in total. The lowest BCUT2D eigenvalue weighted by molar-refractivity contribution is -0.432. The SMILES string of the molecule is [C-]#[N+]c1[nH]n(-c2cc(SOOO)ccc2S(=O)(=O)O)c(=O)c1C=CC=CC=C1C(=O)N(c2cc(S(=O)(=O)O)ccc2C)N=C1C#N. The lowest BCUT2D eigenvalue weighted by Crippen LogP contribution is -2.22. The minimum absolute atomic E-state index is 0.0195. The van der Waals surface area contributed by atoms with E-state index in [1.54, 1.807) is 13.0 Å². The first kappa shape index (κ1) is 33.7. The van der Waals surface area contributed by atoms with Crippen LogP contribution in [0.1, 0.15) is 11.1 Å². The summed E-state index contributed by atoms with van der Waals surface area (Å²) in [6, 6.07) is 8.56. The highest BCUT2D eigenvalue weighted by Crippen LogP contribution is 2.30. The van der Waals surface area contributed by atoms with Gasteiger partial charge in [-0.3, -0.25) is 18.7 Å². The van der Waals surface area contributed by atoms with Crippen LogP contribution in [0.4, 0.5) is 11.5 Å². The van der Waals surface area contributed by atoms with Gasteiger partial charge in [0.05, 0.1) is 33.8 Å². The van der Waals surface area contributed by atoms with Crippen LogP contribution in [0.5, 0.6) is 0 Å². The second-order valence-corrected chi connectivity index (χ2v) is 12.5. The molecule has 0 saturated heterocycles. The molecule has 1 aliphatic rings. The number of amides is 1. The quantitative estimate of drug-likeness (QED) is 0.0455. The summed E-state index contributed by atoms with van der Waals surface area (Å²) in [5.74, 6) is -1.07. The number of rotatable bonds is 10. The van der Waals surface area contributed by atoms with Crippen LogP contribution in [-0.4, -0.2) is 52.6 Å². The van der Waals surface area contributed by atoms with E-state index in [0.717, 1.165) is 29.3 Å². The van der Waals surface area contributed by atoms with Crippen molar-refractivity contribution in [2.75, 3.05) is 5.01 Å². The molecule has 0 unspecified atom stereocenters. The minimum atomic E-state index is -4.85. The van der Waals surface area contributed by atoms with Crippen LogP contribution in [0, 0.1) is 24.8 Å². The Balaban J connectivity index is 1.65. The molecule has 0 saturated carbocycles. The maximum Gasteiger partial charge on any atom is 0.296 e. The second-order valence-electron chi connectivity index (χ2n) is 8.88. The van der Waals surface area contributed by atoms with Crippen LogP contribution >= 0.6 is 12.0 Å². The van der Waals surface area contributed by atoms with E-state index in [2.05, 4.69) is 24.4 Å². The predicted octanol–water partition coefficient (Wildman–Crippen LogP) is 3.37. The number of aromatic nitrogens is 2. The number of nitriles is 1. The van der Waals surface area contributed by atoms with Gasteiger partial charge in [0.15, 0.2) is 5.71 Å². The number of hydrazone groups is 1. The van der Waals surface area contributed by atoms with Gasteiger partial charge >= 0.3 is 0 Å². The van der Waals surface area contributed by atoms with E-state index in [1.807, 2.05) is 0 Å². The summed E-state index contributed by atoms with van der Waals surface area (Å²) >= 11 is 0.447. The maximum atomic E-state index is 13.2. The van der Waals surface area contributed by atoms with Crippen molar-refractivity contribution >= 4 is 61.5 Å². The number of aryl methyl sites for hydroxylation is 1. The minimum Gasteiger partial charge on any atom is -0.362 e. The van der Waals surface area contributed by atoms with Gasteiger partial charge < -0.3 is 4.85 Å². The lowest BCUT2D eigenvalue weighted by atomic mass is 10.1. The van der Waals surface area contributed by atoms with Crippen molar-refractivity contribution in [2.24, 2.45) is 5.10 Å². The zero-order valence-corrected chi connectivity index (χ0v) is 25.4. The number of benzene rings is 2. The van der Waals surface area contributed by atoms with Crippen LogP contribution in [0.25, 0.3) is 16.6 Å². The Morgan fingerprint density at radius 1 is 1.07 bits per heavy atom. The van der Waals surface area contributed by atoms with E-state index in [1.165, 1.54) is 42.5 Å². The van der Waals surface area contributed by atoms with Gasteiger partial charge in [0.25, 0.3) is 37.5 Å². The number of hydrogen-bond acceptors (Lipinski definition) is 12. The first-order valence-electron chi connectivity index (χ1n) is 12.2. The molecule has 2 aromatic carbocycles. The first-order chi connectivity index (χ1) is 21.7. The Labute approximate surface area is 264 Å². The van der Waals surface area contributed by atoms with Gasteiger partial charge in [0.1, 0.15) is 16.7 Å². The molecule has 1 amide bonds. The summed E-state index contributed by atoms with van der Waals surface area (Å²) in [5.41, 5.74) is -1.47. The number of hydrogen-bond donors (Lipinski definition) is 4. The molecular formula is C26H18N6O11S3. The Morgan fingerprint density at radius 3 is 2.43 bits per heavy atom. The average molecular weight is 687 g/mol. The lowest BCUT2D eigenvalue weighted by Gasteiger charge is -2.15. The molecule has 236 valence electrons. The molecule has 0 radical (unpaired) electrons. The number of carbonyl (C=O) groups is 1. The van der Waals surface area contributed by atoms with E-state index < -0.39 is 41.5 Å². The van der Waals surface area contributed by atoms with Gasteiger partial charge in [-0.15, -0.1) is 4.33 Å². The number of carbonyl (C=O) groups excluding carboxylic acids is 1. The monoisotopic (exact) mass is 686 g/mol. The van der Waals surface area contributed by atoms with Gasteiger partial charge in [-0.05, 0) is 48.9 Å². The normalized spacial score (nSPS) is 14.7. The molecule has 4 rings (SSSR count). The molecule has 1 aliphatic heterocycles. The highest BCUT2D eigenvalue weighted by Gasteiger charge is 2.32. The van der Waals surface area contributed by atoms with Crippen molar-refractivity contribution in [3.05, 3.63) is 99.2 Å². The van der Waals surface area contributed by atoms with E-state index in [9.17, 15) is 40.8 Å². The predicted molar refractivity (Wildman–Crippen MR) is 161 cm³/mol. The zero-order chi connectivity index (χ0) is 33.8. The molecule has 0 fully saturated rings. The van der Waals surface area contributed by atoms with E-state index in [-0.39, 0.29) is 38.9 Å². The molecule has 0 spiro atoms. The Morgan fingerprint density at radius 2 is 1.80 bits per heavy atom. The van der Waals surface area contributed by atoms with Gasteiger partial charge in [0.2, 0.25) is 0 Å². The molecule has 20 heteroatoms. The zero-order valence-electron chi connectivity index (χ0n) is 22.9. The molecule has 2 heterocycles. The third-order valence-electron chi connectivity index (χ3n) is 6.07. The average Bonchev–Trinajstić information content (AvgIpc) is 3.49. The van der Waals surface area contributed by atoms with Crippen LogP contribution in [0.3, 0.4) is 0 Å². The largest absolute Gasteiger partial charge is 0.362 e. The van der Waals surface area contributed by atoms with Gasteiger partial charge in [-0.1, -0.05) is 42.0 Å². The first-order valence-corrected chi connectivity index (χ1v) is 15.8. The van der Waals surface area contributed by atoms with E-state index >= 15 is 0 Å². The third kappa shape index (κ3) is 7.05. The van der Waals surface area contributed by atoms with Crippen LogP contribution in [0.15, 0.2) is 90.9 Å². The van der Waals surface area contributed by atoms with E-state index in [4.69, 9.17) is 11.8 Å². The molecule has 1 aromatic heterocycles. The number of H-pyrrole nitrogens is 1. The van der Waals surface area contributed by atoms with Crippen molar-refractivity contribution in [1.82, 2.24) is 9.78 Å². The number of nitrogens with zero attached hydrogens (tertiary/aromatic N) is 5. The molecule has 4 N–H and O–H groups in total. The van der Waals surface area contributed by atoms with Crippen molar-refractivity contribution in [3.8, 4) is 11.8 Å². The van der Waals surface area contributed by atoms with Crippen molar-refractivity contribution in [3.63, 3.8) is 0 Å². The standard InChI is InChI=1S/C26H18N6O11S3/c1-15-8-10-17(45(36,37)38)13-21(15)31-25(33)18(20(14-27)29-31)6-4-3-5-7-19-24(28-2)30-32(26(19)34)22-12-16(44-43-42-35)9-11-23(22)46(39,40)41/h3-13,30,35H,1H3,(H,36,37,38)(H,39,40,41). The highest BCUT2D eigenvalue weighted by molar-refractivity contribution is 7.94. The number of anilines is 1. The fourth-order valence-electron chi connectivity index (χ4n) is 4.00. The number of allylic oxidation sites excluding steroid dienone is 4. The summed E-state index contributed by atoms with van der Waals surface area (Å²) in [6.07, 6.45) is 6.42. The highest BCUT2D eigenvalue weighted by atomic mass is 32.2. The topological polar surface area (TPSA) is 246 Å². The molecular weight excluding hydrogens is 669 g/mol. The van der Waals surface area contributed by atoms with Gasteiger partial charge in [0, 0.05) is 4.90 Å². The maximum absolute atomic E-state index is 13.2. The van der Waals surface area contributed by atoms with Crippen LogP contribution < -0.4 is 10.6 Å². The summed E-state index contributed by atoms with van der Waals surface area (Å²) in [5, 5.41) is 28.6. The molecule has 3 aromatic rings. The van der Waals surface area contributed by atoms with Crippen LogP contribution in [0.2, 0.25) is 0 Å². The number of aromatic amines is 1. The molecule has 0 aliphatic carbocycles. The fraction of sp³-hybridized carbons (Fsp3) is 0.0385. The third-order valence-corrected chi connectivity index (χ3v) is 8.39. The van der Waals surface area contributed by atoms with Crippen molar-refractivity contribution in [1.29, 1.82) is 5.26 Å². The molecule has 46 heavy (non-hydrogen) atoms. The summed E-state index contributed by atoms with van der Waals surface area (Å²) in [7, 11) is -9.44. The number of nitrogens with one attached hydrogen (secondary N) is 1. The Bertz CT molecular complexity index is 2240. The Hall–Kier alpha value is -5.16. The molecule has 0 atom stereocenters. The van der Waals surface area contributed by atoms with Gasteiger partial charge in [-0.2, -0.15) is 36.9 Å². The summed E-state index contributed by atoms with van der Waals surface area (Å²) < 4.78 is 71.1. The fourth-order valence-corrected chi connectivity index (χ4v) is 5.54. The Kier molecular flexibility index (Phi) is 9.86. The smallest absolute Gasteiger partial charge is 0.296 e. The van der Waals surface area contributed by atoms with Crippen molar-refractivity contribution in [2.45, 2.75) is 21.6 Å². The van der Waals surface area contributed by atoms with Gasteiger partial charge in [-0.25, -0.2) is 10.4 Å². The second kappa shape index (κ2) is 13.5. The molecule has 0 bridgehead atoms. The summed E-state index contributed by atoms with van der Waals surface area (Å²) in [4.78, 5) is 28.5. The van der Waals surface area contributed by atoms with Crippen LogP contribution in [-0.2, 0) is 34.4 Å². The van der Waals surface area contributed by atoms with Crippen molar-refractivity contribution < 1.29 is 45.4 Å². The van der Waals surface area contributed by atoms with E-state index in [0.29, 0.717) is 22.3 Å².